The SMILES string of the molecule is CCN(C)c1nc(N[C@H]2CC[C@@H](NC(=O)c3ccc(F)c(F)c3)CC2)ncc1C.Cl. The van der Waals surface area contributed by atoms with Crippen molar-refractivity contribution in [2.75, 3.05) is 23.8 Å². The van der Waals surface area contributed by atoms with Crippen LogP contribution in [0.3, 0.4) is 0 Å². The first-order valence-electron chi connectivity index (χ1n) is 9.94. The molecule has 2 N–H and O–H groups in total. The van der Waals surface area contributed by atoms with E-state index in [9.17, 15) is 13.6 Å². The molecule has 1 aromatic carbocycles. The Kier molecular flexibility index (Phi) is 8.34. The van der Waals surface area contributed by atoms with E-state index in [1.54, 1.807) is 0 Å². The Balaban J connectivity index is 0.00000320. The van der Waals surface area contributed by atoms with E-state index in [1.165, 1.54) is 6.07 Å². The summed E-state index contributed by atoms with van der Waals surface area (Å²) in [4.78, 5) is 23.4. The third kappa shape index (κ3) is 5.78. The Morgan fingerprint density at radius 2 is 1.83 bits per heavy atom. The number of benzene rings is 1. The Morgan fingerprint density at radius 1 is 1.17 bits per heavy atom. The standard InChI is InChI=1S/C21H27F2N5O.ClH/c1-4-28(3)19-13(2)12-24-21(27-19)26-16-8-6-15(7-9-16)25-20(29)14-5-10-17(22)18(23)11-14;/h5,10-12,15-16H,4,6-9H2,1-3H3,(H,25,29)(H,24,26,27);1H/t15-,16+;. The average molecular weight is 440 g/mol. The summed E-state index contributed by atoms with van der Waals surface area (Å²) in [5, 5.41) is 6.31. The zero-order valence-corrected chi connectivity index (χ0v) is 18.2. The van der Waals surface area contributed by atoms with Crippen LogP contribution in [0, 0.1) is 18.6 Å². The quantitative estimate of drug-likeness (QED) is 0.709. The number of anilines is 2. The van der Waals surface area contributed by atoms with Crippen molar-refractivity contribution in [1.82, 2.24) is 15.3 Å². The van der Waals surface area contributed by atoms with Gasteiger partial charge in [-0.1, -0.05) is 0 Å². The summed E-state index contributed by atoms with van der Waals surface area (Å²) in [6.07, 6.45) is 5.13. The molecule has 0 aliphatic heterocycles. The topological polar surface area (TPSA) is 70.2 Å². The van der Waals surface area contributed by atoms with Gasteiger partial charge in [-0.05, 0) is 57.7 Å². The molecule has 0 unspecified atom stereocenters. The fourth-order valence-corrected chi connectivity index (χ4v) is 3.51. The van der Waals surface area contributed by atoms with Gasteiger partial charge in [-0.2, -0.15) is 4.98 Å². The molecule has 0 spiro atoms. The maximum absolute atomic E-state index is 13.3. The Labute approximate surface area is 181 Å². The molecule has 1 heterocycles. The van der Waals surface area contributed by atoms with Gasteiger partial charge in [-0.25, -0.2) is 13.8 Å². The maximum atomic E-state index is 13.3. The van der Waals surface area contributed by atoms with Gasteiger partial charge in [0.15, 0.2) is 11.6 Å². The predicted octanol–water partition coefficient (Wildman–Crippen LogP) is 4.09. The second kappa shape index (κ2) is 10.5. The van der Waals surface area contributed by atoms with Gasteiger partial charge in [0.1, 0.15) is 5.82 Å². The molecular formula is C21H28ClF2N5O. The lowest BCUT2D eigenvalue weighted by Gasteiger charge is -2.30. The number of nitrogens with one attached hydrogen (secondary N) is 2. The van der Waals surface area contributed by atoms with Crippen LogP contribution in [-0.4, -0.2) is 41.6 Å². The van der Waals surface area contributed by atoms with E-state index in [0.29, 0.717) is 5.95 Å². The number of hydrogen-bond acceptors (Lipinski definition) is 5. The van der Waals surface area contributed by atoms with Gasteiger partial charge in [0, 0.05) is 43.0 Å². The minimum atomic E-state index is -1.02. The highest BCUT2D eigenvalue weighted by molar-refractivity contribution is 5.94. The van der Waals surface area contributed by atoms with Gasteiger partial charge in [-0.15, -0.1) is 12.4 Å². The number of halogens is 3. The number of rotatable bonds is 6. The van der Waals surface area contributed by atoms with Gasteiger partial charge in [-0.3, -0.25) is 4.79 Å². The van der Waals surface area contributed by atoms with E-state index in [-0.39, 0.29) is 36.0 Å². The van der Waals surface area contributed by atoms with Crippen molar-refractivity contribution < 1.29 is 13.6 Å². The molecule has 1 fully saturated rings. The van der Waals surface area contributed by atoms with Crippen LogP contribution < -0.4 is 15.5 Å². The molecular weight excluding hydrogens is 412 g/mol. The van der Waals surface area contributed by atoms with Crippen LogP contribution in [0.4, 0.5) is 20.5 Å². The smallest absolute Gasteiger partial charge is 0.251 e. The number of carbonyl (C=O) groups excluding carboxylic acids is 1. The molecule has 1 saturated carbocycles. The van der Waals surface area contributed by atoms with Gasteiger partial charge < -0.3 is 15.5 Å². The normalized spacial score (nSPS) is 18.3. The summed E-state index contributed by atoms with van der Waals surface area (Å²) >= 11 is 0. The van der Waals surface area contributed by atoms with Crippen LogP contribution in [0.15, 0.2) is 24.4 Å². The molecule has 0 saturated heterocycles. The lowest BCUT2D eigenvalue weighted by molar-refractivity contribution is 0.0926. The summed E-state index contributed by atoms with van der Waals surface area (Å²) in [6, 6.07) is 3.43. The Bertz CT molecular complexity index is 874. The average Bonchev–Trinajstić information content (AvgIpc) is 2.72. The first-order valence-corrected chi connectivity index (χ1v) is 9.94. The number of amides is 1. The fraction of sp³-hybridized carbons (Fsp3) is 0.476. The van der Waals surface area contributed by atoms with Crippen LogP contribution in [0.1, 0.15) is 48.5 Å². The minimum Gasteiger partial charge on any atom is -0.360 e. The summed E-state index contributed by atoms with van der Waals surface area (Å²) < 4.78 is 26.4. The zero-order valence-electron chi connectivity index (χ0n) is 17.4. The van der Waals surface area contributed by atoms with Crippen molar-refractivity contribution in [3.63, 3.8) is 0 Å². The largest absolute Gasteiger partial charge is 0.360 e. The highest BCUT2D eigenvalue weighted by atomic mass is 35.5. The number of hydrogen-bond donors (Lipinski definition) is 2. The van der Waals surface area contributed by atoms with Gasteiger partial charge in [0.05, 0.1) is 0 Å². The summed E-state index contributed by atoms with van der Waals surface area (Å²) in [6.45, 7) is 4.93. The summed E-state index contributed by atoms with van der Waals surface area (Å²) in [5.41, 5.74) is 1.16. The Morgan fingerprint density at radius 3 is 2.47 bits per heavy atom. The molecule has 6 nitrogen and oxygen atoms in total. The summed E-state index contributed by atoms with van der Waals surface area (Å²) in [7, 11) is 2.00. The van der Waals surface area contributed by atoms with Crippen molar-refractivity contribution >= 4 is 30.1 Å². The molecule has 1 aliphatic carbocycles. The Hall–Kier alpha value is -2.48. The number of aromatic nitrogens is 2. The van der Waals surface area contributed by atoms with Crippen molar-refractivity contribution in [3.8, 4) is 0 Å². The molecule has 1 aromatic heterocycles. The van der Waals surface area contributed by atoms with E-state index >= 15 is 0 Å². The molecule has 0 atom stereocenters. The van der Waals surface area contributed by atoms with Crippen molar-refractivity contribution in [1.29, 1.82) is 0 Å². The van der Waals surface area contributed by atoms with Crippen LogP contribution in [0.2, 0.25) is 0 Å². The number of carbonyl (C=O) groups is 1. The van der Waals surface area contributed by atoms with E-state index < -0.39 is 11.6 Å². The first-order chi connectivity index (χ1) is 13.9. The van der Waals surface area contributed by atoms with Crippen molar-refractivity contribution in [2.24, 2.45) is 0 Å². The lowest BCUT2D eigenvalue weighted by Crippen LogP contribution is -2.40. The molecule has 0 bridgehead atoms. The number of aryl methyl sites for hydroxylation is 1. The zero-order chi connectivity index (χ0) is 21.0. The third-order valence-corrected chi connectivity index (χ3v) is 5.36. The molecule has 1 aliphatic rings. The fourth-order valence-electron chi connectivity index (χ4n) is 3.51. The molecule has 30 heavy (non-hydrogen) atoms. The third-order valence-electron chi connectivity index (χ3n) is 5.36. The van der Waals surface area contributed by atoms with Crippen molar-refractivity contribution in [2.45, 2.75) is 51.6 Å². The summed E-state index contributed by atoms with van der Waals surface area (Å²) in [5.74, 6) is -0.830. The molecule has 1 amide bonds. The monoisotopic (exact) mass is 439 g/mol. The van der Waals surface area contributed by atoms with Gasteiger partial charge in [0.25, 0.3) is 5.91 Å². The van der Waals surface area contributed by atoms with Crippen LogP contribution in [0.25, 0.3) is 0 Å². The first kappa shape index (κ1) is 23.8. The number of nitrogens with zero attached hydrogens (tertiary/aromatic N) is 3. The van der Waals surface area contributed by atoms with Gasteiger partial charge in [0.2, 0.25) is 5.95 Å². The van der Waals surface area contributed by atoms with E-state index in [0.717, 1.165) is 55.7 Å². The van der Waals surface area contributed by atoms with E-state index in [2.05, 4.69) is 32.4 Å². The second-order valence-electron chi connectivity index (χ2n) is 7.51. The van der Waals surface area contributed by atoms with Crippen molar-refractivity contribution in [3.05, 3.63) is 47.2 Å². The van der Waals surface area contributed by atoms with Crippen LogP contribution in [0.5, 0.6) is 0 Å². The highest BCUT2D eigenvalue weighted by Gasteiger charge is 2.24. The molecule has 2 aromatic rings. The minimum absolute atomic E-state index is 0. The van der Waals surface area contributed by atoms with E-state index in [4.69, 9.17) is 0 Å². The molecule has 164 valence electrons. The highest BCUT2D eigenvalue weighted by Crippen LogP contribution is 2.23. The van der Waals surface area contributed by atoms with Crippen LogP contribution in [-0.2, 0) is 0 Å². The maximum Gasteiger partial charge on any atom is 0.251 e. The molecule has 3 rings (SSSR count). The second-order valence-corrected chi connectivity index (χ2v) is 7.51. The molecule has 9 heteroatoms. The van der Waals surface area contributed by atoms with Gasteiger partial charge >= 0.3 is 0 Å². The molecule has 0 radical (unpaired) electrons. The predicted molar refractivity (Wildman–Crippen MR) is 116 cm³/mol. The lowest BCUT2D eigenvalue weighted by atomic mass is 9.91. The van der Waals surface area contributed by atoms with Crippen LogP contribution >= 0.6 is 12.4 Å². The van der Waals surface area contributed by atoms with E-state index in [1.807, 2.05) is 20.2 Å².